The molecule has 1 fully saturated rings. The van der Waals surface area contributed by atoms with Crippen LogP contribution in [0, 0.1) is 0 Å². The van der Waals surface area contributed by atoms with Crippen LogP contribution in [0.2, 0.25) is 5.02 Å². The van der Waals surface area contributed by atoms with E-state index in [0.29, 0.717) is 17.2 Å². The summed E-state index contributed by atoms with van der Waals surface area (Å²) in [7, 11) is -3.31. The number of fused-ring (bicyclic) bond motifs is 1. The van der Waals surface area contributed by atoms with Crippen molar-refractivity contribution < 1.29 is 21.9 Å². The smallest absolute Gasteiger partial charge is 0.250 e. The first-order valence-electron chi connectivity index (χ1n) is 10.1. The Morgan fingerprint density at radius 1 is 1.19 bits per heavy atom. The maximum atomic E-state index is 13.7. The van der Waals surface area contributed by atoms with Crippen molar-refractivity contribution in [2.75, 3.05) is 19.3 Å². The number of alkyl halides is 2. The maximum absolute atomic E-state index is 13.7. The minimum atomic E-state index is -3.31. The third-order valence-electron chi connectivity index (χ3n) is 6.07. The molecule has 1 aliphatic carbocycles. The molecule has 8 heteroatoms. The van der Waals surface area contributed by atoms with Gasteiger partial charge in [0.25, 0.3) is 5.92 Å². The summed E-state index contributed by atoms with van der Waals surface area (Å²) in [5.41, 5.74) is 2.72. The number of hydrogen-bond donors (Lipinski definition) is 0. The second-order valence-electron chi connectivity index (χ2n) is 8.22. The first kappa shape index (κ1) is 22.2. The Labute approximate surface area is 186 Å². The Morgan fingerprint density at radius 3 is 2.42 bits per heavy atom. The zero-order valence-electron chi connectivity index (χ0n) is 17.2. The molecule has 2 aliphatic rings. The molecule has 4 rings (SSSR count). The van der Waals surface area contributed by atoms with E-state index >= 15 is 0 Å². The van der Waals surface area contributed by atoms with E-state index in [9.17, 15) is 17.2 Å². The maximum Gasteiger partial charge on any atom is 0.250 e. The summed E-state index contributed by atoms with van der Waals surface area (Å²) in [6, 6.07) is 9.93. The molecule has 2 atom stereocenters. The highest BCUT2D eigenvalue weighted by atomic mass is 35.5. The molecular weight excluding hydrogens is 444 g/mol. The number of piperidine rings is 1. The third kappa shape index (κ3) is 4.64. The fourth-order valence-corrected chi connectivity index (χ4v) is 5.29. The highest BCUT2D eigenvalue weighted by Crippen LogP contribution is 2.43. The highest BCUT2D eigenvalue weighted by Gasteiger charge is 2.43. The molecule has 0 radical (unpaired) electrons. The van der Waals surface area contributed by atoms with E-state index in [2.05, 4.69) is 11.5 Å². The normalized spacial score (nSPS) is 23.4. The molecule has 166 valence electrons. The van der Waals surface area contributed by atoms with Gasteiger partial charge < -0.3 is 4.74 Å². The molecule has 2 aromatic carbocycles. The van der Waals surface area contributed by atoms with Crippen molar-refractivity contribution in [1.82, 2.24) is 4.90 Å². The van der Waals surface area contributed by atoms with Gasteiger partial charge in [-0.25, -0.2) is 17.2 Å². The average molecular weight is 468 g/mol. The summed E-state index contributed by atoms with van der Waals surface area (Å²) >= 11 is 6.53. The number of likely N-dealkylation sites (tertiary alicyclic amines) is 1. The van der Waals surface area contributed by atoms with E-state index in [4.69, 9.17) is 16.3 Å². The summed E-state index contributed by atoms with van der Waals surface area (Å²) in [6.07, 6.45) is 2.69. The van der Waals surface area contributed by atoms with E-state index in [1.165, 1.54) is 12.1 Å². The van der Waals surface area contributed by atoms with Crippen molar-refractivity contribution in [2.45, 2.75) is 42.2 Å². The van der Waals surface area contributed by atoms with Gasteiger partial charge in [-0.3, -0.25) is 4.90 Å². The number of sulfone groups is 1. The Balaban J connectivity index is 1.67. The zero-order chi connectivity index (χ0) is 22.4. The minimum absolute atomic E-state index is 0.141. The lowest BCUT2D eigenvalue weighted by atomic mass is 10.0. The molecule has 4 nitrogen and oxygen atoms in total. The van der Waals surface area contributed by atoms with Crippen LogP contribution in [0.1, 0.15) is 35.6 Å². The minimum Gasteiger partial charge on any atom is -0.484 e. The van der Waals surface area contributed by atoms with Crippen molar-refractivity contribution in [2.24, 2.45) is 0 Å². The largest absolute Gasteiger partial charge is 0.484 e. The molecule has 0 saturated carbocycles. The highest BCUT2D eigenvalue weighted by molar-refractivity contribution is 7.90. The molecule has 1 aliphatic heterocycles. The molecule has 0 bridgehead atoms. The second-order valence-corrected chi connectivity index (χ2v) is 10.6. The van der Waals surface area contributed by atoms with Crippen molar-refractivity contribution in [1.29, 1.82) is 0 Å². The number of benzene rings is 2. The topological polar surface area (TPSA) is 46.6 Å². The number of ether oxygens (including phenoxy) is 1. The Hall–Kier alpha value is -1.96. The SMILES string of the molecule is C=Cc1cc(Cl)c2c(c1)[C@H](Oc1ccc(S(C)(=O)=O)cc1)[C@@H](N1CCC(F)(F)CC1)C2. The van der Waals surface area contributed by atoms with Gasteiger partial charge in [0, 0.05) is 37.2 Å². The molecular formula is C23H24ClF2NO3S. The van der Waals surface area contributed by atoms with E-state index in [1.54, 1.807) is 18.2 Å². The van der Waals surface area contributed by atoms with Crippen LogP contribution in [0.4, 0.5) is 8.78 Å². The average Bonchev–Trinajstić information content (AvgIpc) is 3.06. The fraction of sp³-hybridized carbons (Fsp3) is 0.391. The lowest BCUT2D eigenvalue weighted by Gasteiger charge is -2.38. The van der Waals surface area contributed by atoms with Crippen LogP contribution in [0.15, 0.2) is 47.9 Å². The predicted molar refractivity (Wildman–Crippen MR) is 118 cm³/mol. The monoisotopic (exact) mass is 467 g/mol. The fourth-order valence-electron chi connectivity index (χ4n) is 4.35. The molecule has 1 heterocycles. The van der Waals surface area contributed by atoms with Crippen LogP contribution in [-0.2, 0) is 16.3 Å². The Kier molecular flexibility index (Phi) is 5.87. The Morgan fingerprint density at radius 2 is 1.84 bits per heavy atom. The van der Waals surface area contributed by atoms with Gasteiger partial charge in [-0.05, 0) is 59.5 Å². The van der Waals surface area contributed by atoms with Gasteiger partial charge in [0.1, 0.15) is 11.9 Å². The van der Waals surface area contributed by atoms with Gasteiger partial charge in [-0.15, -0.1) is 0 Å². The summed E-state index contributed by atoms with van der Waals surface area (Å²) in [5.74, 6) is -2.12. The van der Waals surface area contributed by atoms with Gasteiger partial charge >= 0.3 is 0 Å². The van der Waals surface area contributed by atoms with Crippen LogP contribution in [0.3, 0.4) is 0 Å². The van der Waals surface area contributed by atoms with Crippen LogP contribution >= 0.6 is 11.6 Å². The lowest BCUT2D eigenvalue weighted by Crippen LogP contribution is -2.47. The van der Waals surface area contributed by atoms with E-state index in [-0.39, 0.29) is 36.9 Å². The van der Waals surface area contributed by atoms with Crippen molar-refractivity contribution in [3.63, 3.8) is 0 Å². The van der Waals surface area contributed by atoms with E-state index in [0.717, 1.165) is 22.9 Å². The molecule has 0 amide bonds. The summed E-state index contributed by atoms with van der Waals surface area (Å²) in [6.45, 7) is 4.38. The van der Waals surface area contributed by atoms with Crippen LogP contribution in [0.5, 0.6) is 5.75 Å². The van der Waals surface area contributed by atoms with Crippen molar-refractivity contribution in [3.8, 4) is 5.75 Å². The first-order valence-corrected chi connectivity index (χ1v) is 12.4. The van der Waals surface area contributed by atoms with Crippen LogP contribution < -0.4 is 4.74 Å². The predicted octanol–water partition coefficient (Wildman–Crippen LogP) is 5.16. The molecule has 0 N–H and O–H groups in total. The quantitative estimate of drug-likeness (QED) is 0.609. The van der Waals surface area contributed by atoms with Crippen LogP contribution in [-0.4, -0.2) is 44.6 Å². The van der Waals surface area contributed by atoms with Crippen molar-refractivity contribution >= 4 is 27.5 Å². The molecule has 0 spiro atoms. The number of rotatable bonds is 5. The standard InChI is InChI=1S/C23H24ClF2NO3S/c1-3-15-12-19-18(20(24)13-15)14-21(27-10-8-23(25,26)9-11-27)22(19)30-16-4-6-17(7-5-16)31(2,28)29/h3-7,12-13,21-22H,1,8-11,14H2,2H3/t21-,22-/m0/s1. The molecule has 0 aromatic heterocycles. The molecule has 31 heavy (non-hydrogen) atoms. The number of hydrogen-bond acceptors (Lipinski definition) is 4. The zero-order valence-corrected chi connectivity index (χ0v) is 18.7. The molecule has 0 unspecified atom stereocenters. The Bertz CT molecular complexity index is 1090. The lowest BCUT2D eigenvalue weighted by molar-refractivity contribution is -0.0713. The first-order chi connectivity index (χ1) is 14.6. The number of nitrogens with zero attached hydrogens (tertiary/aromatic N) is 1. The van der Waals surface area contributed by atoms with Crippen molar-refractivity contribution in [3.05, 3.63) is 64.7 Å². The van der Waals surface area contributed by atoms with Gasteiger partial charge in [0.15, 0.2) is 9.84 Å². The summed E-state index contributed by atoms with van der Waals surface area (Å²) < 4.78 is 57.3. The third-order valence-corrected chi connectivity index (χ3v) is 7.54. The van der Waals surface area contributed by atoms with Gasteiger partial charge in [-0.1, -0.05) is 24.3 Å². The molecule has 1 saturated heterocycles. The van der Waals surface area contributed by atoms with Gasteiger partial charge in [-0.2, -0.15) is 0 Å². The second kappa shape index (κ2) is 8.19. The molecule has 2 aromatic rings. The summed E-state index contributed by atoms with van der Waals surface area (Å²) in [4.78, 5) is 2.26. The van der Waals surface area contributed by atoms with E-state index < -0.39 is 21.9 Å². The van der Waals surface area contributed by atoms with Gasteiger partial charge in [0.05, 0.1) is 10.9 Å². The van der Waals surface area contributed by atoms with E-state index in [1.807, 2.05) is 12.1 Å². The van der Waals surface area contributed by atoms with Crippen LogP contribution in [0.25, 0.3) is 6.08 Å². The van der Waals surface area contributed by atoms with Gasteiger partial charge in [0.2, 0.25) is 0 Å². The summed E-state index contributed by atoms with van der Waals surface area (Å²) in [5, 5.41) is 0.610. The number of halogens is 3.